The number of pyridine rings is 1. The first-order valence-electron chi connectivity index (χ1n) is 7.81. The predicted molar refractivity (Wildman–Crippen MR) is 92.3 cm³/mol. The number of amides is 1. The number of fused-ring (bicyclic) bond motifs is 1. The van der Waals surface area contributed by atoms with Gasteiger partial charge in [-0.3, -0.25) is 9.89 Å². The first kappa shape index (κ1) is 16.0. The van der Waals surface area contributed by atoms with Gasteiger partial charge in [-0.15, -0.1) is 0 Å². The number of carbonyl (C=O) groups is 1. The van der Waals surface area contributed by atoms with Gasteiger partial charge in [-0.2, -0.15) is 5.10 Å². The van der Waals surface area contributed by atoms with Crippen molar-refractivity contribution in [2.24, 2.45) is 0 Å². The van der Waals surface area contributed by atoms with E-state index in [1.807, 2.05) is 44.2 Å². The zero-order chi connectivity index (χ0) is 17.1. The van der Waals surface area contributed by atoms with Crippen molar-refractivity contribution >= 4 is 16.9 Å². The van der Waals surface area contributed by atoms with Gasteiger partial charge in [0.15, 0.2) is 5.65 Å². The summed E-state index contributed by atoms with van der Waals surface area (Å²) >= 11 is 0. The van der Waals surface area contributed by atoms with E-state index in [-0.39, 0.29) is 5.91 Å². The van der Waals surface area contributed by atoms with Crippen LogP contribution in [0.2, 0.25) is 0 Å². The van der Waals surface area contributed by atoms with E-state index in [1.54, 1.807) is 18.1 Å². The smallest absolute Gasteiger partial charge is 0.255 e. The SMILES string of the molecule is Cc1ccccc1OCCN(C)C(=O)c1cnc2n[nH]c(C)c2c1. The summed E-state index contributed by atoms with van der Waals surface area (Å²) in [5, 5.41) is 7.81. The average molecular weight is 324 g/mol. The zero-order valence-electron chi connectivity index (χ0n) is 14.0. The second-order valence-corrected chi connectivity index (χ2v) is 5.78. The third kappa shape index (κ3) is 3.22. The number of benzene rings is 1. The number of nitrogens with one attached hydrogen (secondary N) is 1. The molecule has 1 amide bonds. The Morgan fingerprint density at radius 1 is 1.29 bits per heavy atom. The Labute approximate surface area is 140 Å². The second kappa shape index (κ2) is 6.70. The monoisotopic (exact) mass is 324 g/mol. The Morgan fingerprint density at radius 3 is 2.88 bits per heavy atom. The molecule has 0 unspecified atom stereocenters. The summed E-state index contributed by atoms with van der Waals surface area (Å²) in [4.78, 5) is 18.4. The Bertz CT molecular complexity index is 872. The van der Waals surface area contributed by atoms with Gasteiger partial charge in [-0.1, -0.05) is 18.2 Å². The molecule has 0 bridgehead atoms. The van der Waals surface area contributed by atoms with Crippen LogP contribution in [0.1, 0.15) is 21.6 Å². The van der Waals surface area contributed by atoms with Crippen molar-refractivity contribution in [3.8, 4) is 5.75 Å². The molecule has 0 fully saturated rings. The standard InChI is InChI=1S/C18H20N4O2/c1-12-6-4-5-7-16(12)24-9-8-22(3)18(23)14-10-15-13(2)20-21-17(15)19-11-14/h4-7,10-11H,8-9H2,1-3H3,(H,19,20,21). The predicted octanol–water partition coefficient (Wildman–Crippen LogP) is 2.73. The quantitative estimate of drug-likeness (QED) is 0.783. The van der Waals surface area contributed by atoms with Crippen LogP contribution in [0.25, 0.3) is 11.0 Å². The third-order valence-electron chi connectivity index (χ3n) is 3.97. The van der Waals surface area contributed by atoms with Crippen molar-refractivity contribution in [3.05, 3.63) is 53.3 Å². The van der Waals surface area contributed by atoms with Crippen molar-refractivity contribution in [2.75, 3.05) is 20.2 Å². The fourth-order valence-corrected chi connectivity index (χ4v) is 2.47. The largest absolute Gasteiger partial charge is 0.491 e. The van der Waals surface area contributed by atoms with Gasteiger partial charge in [0.2, 0.25) is 0 Å². The van der Waals surface area contributed by atoms with Crippen molar-refractivity contribution in [1.29, 1.82) is 0 Å². The molecule has 0 saturated heterocycles. The highest BCUT2D eigenvalue weighted by Crippen LogP contribution is 2.17. The lowest BCUT2D eigenvalue weighted by atomic mass is 10.2. The van der Waals surface area contributed by atoms with E-state index in [0.717, 1.165) is 22.4 Å². The number of aryl methyl sites for hydroxylation is 2. The van der Waals surface area contributed by atoms with Gasteiger partial charge in [0.1, 0.15) is 12.4 Å². The van der Waals surface area contributed by atoms with Gasteiger partial charge < -0.3 is 9.64 Å². The Kier molecular flexibility index (Phi) is 4.46. The van der Waals surface area contributed by atoms with Gasteiger partial charge >= 0.3 is 0 Å². The maximum atomic E-state index is 12.5. The molecule has 0 radical (unpaired) electrons. The van der Waals surface area contributed by atoms with Crippen LogP contribution >= 0.6 is 0 Å². The molecule has 0 aliphatic heterocycles. The summed E-state index contributed by atoms with van der Waals surface area (Å²) in [6, 6.07) is 9.65. The molecule has 3 aromatic rings. The molecule has 3 rings (SSSR count). The van der Waals surface area contributed by atoms with E-state index in [1.165, 1.54) is 0 Å². The number of rotatable bonds is 5. The molecule has 2 heterocycles. The number of para-hydroxylation sites is 1. The topological polar surface area (TPSA) is 71.1 Å². The Hall–Kier alpha value is -2.89. The van der Waals surface area contributed by atoms with Gasteiger partial charge in [0.05, 0.1) is 12.1 Å². The third-order valence-corrected chi connectivity index (χ3v) is 3.97. The number of hydrogen-bond donors (Lipinski definition) is 1. The minimum atomic E-state index is -0.0848. The van der Waals surface area contributed by atoms with Gasteiger partial charge in [0, 0.05) is 24.3 Å². The lowest BCUT2D eigenvalue weighted by Gasteiger charge is -2.18. The van der Waals surface area contributed by atoms with Crippen molar-refractivity contribution in [3.63, 3.8) is 0 Å². The van der Waals surface area contributed by atoms with E-state index in [0.29, 0.717) is 24.4 Å². The normalized spacial score (nSPS) is 10.8. The minimum Gasteiger partial charge on any atom is -0.491 e. The maximum Gasteiger partial charge on any atom is 0.255 e. The highest BCUT2D eigenvalue weighted by atomic mass is 16.5. The van der Waals surface area contributed by atoms with Gasteiger partial charge in [-0.25, -0.2) is 4.98 Å². The number of aromatic amines is 1. The second-order valence-electron chi connectivity index (χ2n) is 5.78. The van der Waals surface area contributed by atoms with Crippen LogP contribution in [0.5, 0.6) is 5.75 Å². The number of likely N-dealkylation sites (N-methyl/N-ethyl adjacent to an activating group) is 1. The van der Waals surface area contributed by atoms with E-state index in [4.69, 9.17) is 4.74 Å². The van der Waals surface area contributed by atoms with E-state index < -0.39 is 0 Å². The van der Waals surface area contributed by atoms with Crippen LogP contribution in [0.15, 0.2) is 36.5 Å². The summed E-state index contributed by atoms with van der Waals surface area (Å²) in [5.74, 6) is 0.758. The lowest BCUT2D eigenvalue weighted by molar-refractivity contribution is 0.0773. The highest BCUT2D eigenvalue weighted by Gasteiger charge is 2.14. The fourth-order valence-electron chi connectivity index (χ4n) is 2.47. The molecular formula is C18H20N4O2. The van der Waals surface area contributed by atoms with Crippen LogP contribution in [0.3, 0.4) is 0 Å². The molecule has 24 heavy (non-hydrogen) atoms. The molecule has 1 aromatic carbocycles. The lowest BCUT2D eigenvalue weighted by Crippen LogP contribution is -2.31. The van der Waals surface area contributed by atoms with Crippen LogP contribution in [-0.2, 0) is 0 Å². The fraction of sp³-hybridized carbons (Fsp3) is 0.278. The molecular weight excluding hydrogens is 304 g/mol. The Balaban J connectivity index is 1.63. The van der Waals surface area contributed by atoms with Crippen molar-refractivity contribution in [2.45, 2.75) is 13.8 Å². The molecule has 0 aliphatic carbocycles. The number of hydrogen-bond acceptors (Lipinski definition) is 4. The number of ether oxygens (including phenoxy) is 1. The molecule has 124 valence electrons. The van der Waals surface area contributed by atoms with Crippen LogP contribution in [0.4, 0.5) is 0 Å². The number of H-pyrrole nitrogens is 1. The summed E-state index contributed by atoms with van der Waals surface area (Å²) in [6.07, 6.45) is 1.56. The zero-order valence-corrected chi connectivity index (χ0v) is 14.0. The summed E-state index contributed by atoms with van der Waals surface area (Å²) < 4.78 is 5.75. The van der Waals surface area contributed by atoms with Gasteiger partial charge in [-0.05, 0) is 31.5 Å². The molecule has 2 aromatic heterocycles. The first-order chi connectivity index (χ1) is 11.6. The number of carbonyl (C=O) groups excluding carboxylic acids is 1. The maximum absolute atomic E-state index is 12.5. The summed E-state index contributed by atoms with van der Waals surface area (Å²) in [7, 11) is 1.76. The van der Waals surface area contributed by atoms with Crippen molar-refractivity contribution in [1.82, 2.24) is 20.1 Å². The molecule has 0 saturated carbocycles. The summed E-state index contributed by atoms with van der Waals surface area (Å²) in [6.45, 7) is 4.84. The Morgan fingerprint density at radius 2 is 2.08 bits per heavy atom. The molecule has 0 spiro atoms. The van der Waals surface area contributed by atoms with Crippen LogP contribution in [-0.4, -0.2) is 46.2 Å². The van der Waals surface area contributed by atoms with Gasteiger partial charge in [0.25, 0.3) is 5.91 Å². The van der Waals surface area contributed by atoms with Crippen molar-refractivity contribution < 1.29 is 9.53 Å². The summed E-state index contributed by atoms with van der Waals surface area (Å²) in [5.41, 5.74) is 3.15. The van der Waals surface area contributed by atoms with E-state index in [9.17, 15) is 4.79 Å². The number of nitrogens with zero attached hydrogens (tertiary/aromatic N) is 3. The number of aromatic nitrogens is 3. The average Bonchev–Trinajstić information content (AvgIpc) is 2.96. The highest BCUT2D eigenvalue weighted by molar-refractivity contribution is 5.97. The van der Waals surface area contributed by atoms with Crippen LogP contribution in [0, 0.1) is 13.8 Å². The first-order valence-corrected chi connectivity index (χ1v) is 7.81. The van der Waals surface area contributed by atoms with E-state index >= 15 is 0 Å². The van der Waals surface area contributed by atoms with E-state index in [2.05, 4.69) is 15.2 Å². The molecule has 1 N–H and O–H groups in total. The molecule has 6 nitrogen and oxygen atoms in total. The molecule has 0 aliphatic rings. The molecule has 0 atom stereocenters. The minimum absolute atomic E-state index is 0.0848. The van der Waals surface area contributed by atoms with Crippen LogP contribution < -0.4 is 4.74 Å². The molecule has 6 heteroatoms.